The average Bonchev–Trinajstić information content (AvgIpc) is 3.29. The third-order valence-corrected chi connectivity index (χ3v) is 10.9. The van der Waals surface area contributed by atoms with Crippen LogP contribution in [0.1, 0.15) is 155 Å². The molecule has 0 fully saturated rings. The van der Waals surface area contributed by atoms with Gasteiger partial charge in [0, 0.05) is 13.0 Å². The molecule has 2 atom stereocenters. The predicted molar refractivity (Wildman–Crippen MR) is 288 cm³/mol. The number of esters is 1. The Morgan fingerprint density at radius 1 is 0.463 bits per heavy atom. The second-order valence-electron chi connectivity index (χ2n) is 17.4. The van der Waals surface area contributed by atoms with Crippen molar-refractivity contribution < 1.29 is 37.3 Å². The Morgan fingerprint density at radius 2 is 0.821 bits per heavy atom. The minimum Gasteiger partial charge on any atom is -0.457 e. The average molecular weight is 949 g/mol. The fourth-order valence-electron chi connectivity index (χ4n) is 6.04. The summed E-state index contributed by atoms with van der Waals surface area (Å²) >= 11 is 0. The number of phosphoric acid groups is 1. The number of carbonyl (C=O) groups is 1. The lowest BCUT2D eigenvalue weighted by Crippen LogP contribution is -2.37. The molecule has 67 heavy (non-hydrogen) atoms. The van der Waals surface area contributed by atoms with Gasteiger partial charge in [0.2, 0.25) is 0 Å². The lowest BCUT2D eigenvalue weighted by atomic mass is 10.1. The van der Waals surface area contributed by atoms with Crippen molar-refractivity contribution in [3.8, 4) is 0 Å². The Bertz CT molecular complexity index is 1570. The topological polar surface area (TPSA) is 91.3 Å². The molecule has 0 radical (unpaired) electrons. The number of likely N-dealkylation sites (N-methyl/N-ethyl adjacent to an activating group) is 1. The maximum absolute atomic E-state index is 12.8. The second kappa shape index (κ2) is 48.8. The smallest absolute Gasteiger partial charge is 0.457 e. The molecule has 0 aromatic carbocycles. The van der Waals surface area contributed by atoms with Gasteiger partial charge in [0.25, 0.3) is 0 Å². The van der Waals surface area contributed by atoms with Gasteiger partial charge in [-0.15, -0.1) is 0 Å². The number of hydrogen-bond acceptors (Lipinski definition) is 6. The van der Waals surface area contributed by atoms with E-state index >= 15 is 0 Å². The van der Waals surface area contributed by atoms with Crippen LogP contribution in [0.25, 0.3) is 0 Å². The quantitative estimate of drug-likeness (QED) is 0.0214. The first-order valence-electron chi connectivity index (χ1n) is 25.6. The van der Waals surface area contributed by atoms with Gasteiger partial charge in [-0.25, -0.2) is 4.57 Å². The lowest BCUT2D eigenvalue weighted by molar-refractivity contribution is -0.870. The van der Waals surface area contributed by atoms with Gasteiger partial charge in [-0.2, -0.15) is 0 Å². The third-order valence-electron chi connectivity index (χ3n) is 9.90. The number of rotatable bonds is 45. The van der Waals surface area contributed by atoms with Crippen LogP contribution in [0, 0.1) is 0 Å². The standard InChI is InChI=1S/C58H94NO7P/c1-6-8-10-12-14-16-18-20-22-24-26-28-29-30-31-32-33-35-37-39-41-43-45-47-49-51-58(60)66-57(56-65-67(61,62)64-54-52-59(3,4)5)55-63-53-50-48-46-44-42-40-38-36-34-27-25-23-21-19-17-15-13-11-9-7-2/h8-11,14-17,20-23,26-28,30-31,33-35,38,40,44,46,57H,6-7,12-13,18-19,24-25,29,32,36-37,39,41-43,45,47-56H2,1-5H3/p+1/b10-8-,11-9-,16-14-,17-15-,22-20-,23-21-,28-26-,31-30-,34-27-,35-33-,40-38-,46-44-. The van der Waals surface area contributed by atoms with Gasteiger partial charge in [-0.3, -0.25) is 13.8 Å². The van der Waals surface area contributed by atoms with E-state index in [2.05, 4.69) is 160 Å². The first kappa shape index (κ1) is 63.4. The van der Waals surface area contributed by atoms with Crippen LogP contribution in [-0.2, 0) is 27.9 Å². The number of nitrogens with zero attached hydrogens (tertiary/aromatic N) is 1. The number of carbonyl (C=O) groups excluding carboxylic acids is 1. The maximum atomic E-state index is 12.8. The van der Waals surface area contributed by atoms with Crippen molar-refractivity contribution in [3.63, 3.8) is 0 Å². The zero-order valence-corrected chi connectivity index (χ0v) is 43.7. The molecule has 0 heterocycles. The Labute approximate surface area is 410 Å². The largest absolute Gasteiger partial charge is 0.472 e. The van der Waals surface area contributed by atoms with Crippen molar-refractivity contribution in [2.75, 3.05) is 54.1 Å². The van der Waals surface area contributed by atoms with E-state index < -0.39 is 13.9 Å². The normalized spacial score (nSPS) is 14.8. The molecule has 378 valence electrons. The van der Waals surface area contributed by atoms with Crippen LogP contribution < -0.4 is 0 Å². The molecular weight excluding hydrogens is 854 g/mol. The highest BCUT2D eigenvalue weighted by molar-refractivity contribution is 7.47. The molecule has 9 heteroatoms. The number of unbranched alkanes of at least 4 members (excludes halogenated alkanes) is 7. The van der Waals surface area contributed by atoms with Gasteiger partial charge >= 0.3 is 13.8 Å². The minimum atomic E-state index is -4.31. The van der Waals surface area contributed by atoms with Gasteiger partial charge in [-0.05, 0) is 109 Å². The Kier molecular flexibility index (Phi) is 46.2. The van der Waals surface area contributed by atoms with Gasteiger partial charge in [0.05, 0.1) is 34.4 Å². The van der Waals surface area contributed by atoms with Crippen molar-refractivity contribution in [2.45, 2.75) is 161 Å². The van der Waals surface area contributed by atoms with Gasteiger partial charge < -0.3 is 18.9 Å². The van der Waals surface area contributed by atoms with E-state index in [4.69, 9.17) is 18.5 Å². The van der Waals surface area contributed by atoms with Crippen LogP contribution in [0.2, 0.25) is 0 Å². The van der Waals surface area contributed by atoms with E-state index in [1.165, 1.54) is 12.8 Å². The molecule has 0 aromatic rings. The maximum Gasteiger partial charge on any atom is 0.472 e. The van der Waals surface area contributed by atoms with E-state index in [1.54, 1.807) is 0 Å². The number of allylic oxidation sites excluding steroid dienone is 24. The molecule has 0 aliphatic carbocycles. The van der Waals surface area contributed by atoms with Crippen LogP contribution in [-0.4, -0.2) is 75.6 Å². The fraction of sp³-hybridized carbons (Fsp3) is 0.569. The van der Waals surface area contributed by atoms with E-state index in [-0.39, 0.29) is 32.2 Å². The summed E-state index contributed by atoms with van der Waals surface area (Å²) in [7, 11) is 1.59. The summed E-state index contributed by atoms with van der Waals surface area (Å²) in [6.45, 7) is 5.17. The summed E-state index contributed by atoms with van der Waals surface area (Å²) < 4.78 is 35.0. The summed E-state index contributed by atoms with van der Waals surface area (Å²) in [6.07, 6.45) is 73.4. The first-order valence-corrected chi connectivity index (χ1v) is 27.1. The van der Waals surface area contributed by atoms with Gasteiger partial charge in [-0.1, -0.05) is 185 Å². The highest BCUT2D eigenvalue weighted by Crippen LogP contribution is 2.43. The van der Waals surface area contributed by atoms with Crippen LogP contribution in [0.5, 0.6) is 0 Å². The summed E-state index contributed by atoms with van der Waals surface area (Å²) in [5.41, 5.74) is 0. The van der Waals surface area contributed by atoms with Crippen molar-refractivity contribution >= 4 is 13.8 Å². The van der Waals surface area contributed by atoms with Crippen molar-refractivity contribution in [2.24, 2.45) is 0 Å². The summed E-state index contributed by atoms with van der Waals surface area (Å²) in [5, 5.41) is 0. The minimum absolute atomic E-state index is 0.0648. The monoisotopic (exact) mass is 949 g/mol. The third kappa shape index (κ3) is 53.2. The molecule has 0 spiro atoms. The zero-order valence-electron chi connectivity index (χ0n) is 42.8. The van der Waals surface area contributed by atoms with Gasteiger partial charge in [0.15, 0.2) is 0 Å². The Morgan fingerprint density at radius 3 is 1.22 bits per heavy atom. The fourth-order valence-corrected chi connectivity index (χ4v) is 6.78. The number of ether oxygens (including phenoxy) is 2. The molecule has 0 aliphatic rings. The van der Waals surface area contributed by atoms with E-state index in [0.29, 0.717) is 17.6 Å². The molecule has 8 nitrogen and oxygen atoms in total. The van der Waals surface area contributed by atoms with Gasteiger partial charge in [0.1, 0.15) is 19.3 Å². The van der Waals surface area contributed by atoms with Crippen molar-refractivity contribution in [3.05, 3.63) is 146 Å². The van der Waals surface area contributed by atoms with E-state index in [1.807, 2.05) is 21.1 Å². The molecule has 0 aliphatic heterocycles. The van der Waals surface area contributed by atoms with Crippen LogP contribution in [0.15, 0.2) is 146 Å². The van der Waals surface area contributed by atoms with Crippen molar-refractivity contribution in [1.82, 2.24) is 0 Å². The summed E-state index contributed by atoms with van der Waals surface area (Å²) in [4.78, 5) is 23.0. The highest BCUT2D eigenvalue weighted by atomic mass is 31.2. The molecule has 0 rings (SSSR count). The Balaban J connectivity index is 4.33. The lowest BCUT2D eigenvalue weighted by Gasteiger charge is -2.24. The zero-order chi connectivity index (χ0) is 49.0. The molecule has 0 bridgehead atoms. The SMILES string of the molecule is CC/C=C\C/C=C\C/C=C\C/C=C\C/C=C\C/C=C\CCCCCCCCC(=O)OC(COCCC/C=C\C/C=C\C/C=C\C/C=C\C/C=C\C/C=C\CC)COP(=O)(O)OCC[N+](C)(C)C. The first-order chi connectivity index (χ1) is 32.6. The number of quaternary nitrogens is 1. The number of phosphoric ester groups is 1. The number of hydrogen-bond donors (Lipinski definition) is 1. The molecule has 0 aromatic heterocycles. The predicted octanol–water partition coefficient (Wildman–Crippen LogP) is 16.1. The summed E-state index contributed by atoms with van der Waals surface area (Å²) in [5.74, 6) is -0.355. The molecule has 0 amide bonds. The summed E-state index contributed by atoms with van der Waals surface area (Å²) in [6, 6.07) is 0. The van der Waals surface area contributed by atoms with Crippen molar-refractivity contribution in [1.29, 1.82) is 0 Å². The van der Waals surface area contributed by atoms with Crippen LogP contribution >= 0.6 is 7.82 Å². The van der Waals surface area contributed by atoms with E-state index in [9.17, 15) is 14.3 Å². The van der Waals surface area contributed by atoms with Crippen LogP contribution in [0.4, 0.5) is 0 Å². The molecule has 2 unspecified atom stereocenters. The molecular formula is C58H95NO7P+. The Hall–Kier alpha value is -3.62. The van der Waals surface area contributed by atoms with Crippen LogP contribution in [0.3, 0.4) is 0 Å². The van der Waals surface area contributed by atoms with E-state index in [0.717, 1.165) is 122 Å². The molecule has 1 N–H and O–H groups in total. The second-order valence-corrected chi connectivity index (χ2v) is 18.9. The molecule has 0 saturated heterocycles. The molecule has 0 saturated carbocycles. The highest BCUT2D eigenvalue weighted by Gasteiger charge is 2.26.